The summed E-state index contributed by atoms with van der Waals surface area (Å²) in [6, 6.07) is 22.4. The first-order valence-corrected chi connectivity index (χ1v) is 8.19. The van der Waals surface area contributed by atoms with Crippen LogP contribution < -0.4 is 5.32 Å². The minimum Gasteiger partial charge on any atom is -0.304 e. The van der Waals surface area contributed by atoms with E-state index in [0.29, 0.717) is 12.1 Å². The van der Waals surface area contributed by atoms with Crippen LogP contribution in [0.25, 0.3) is 0 Å². The van der Waals surface area contributed by atoms with Gasteiger partial charge in [-0.3, -0.25) is 0 Å². The highest BCUT2D eigenvalue weighted by molar-refractivity contribution is 5.31. The average molecular weight is 279 g/mol. The lowest BCUT2D eigenvalue weighted by Crippen LogP contribution is -2.34. The van der Waals surface area contributed by atoms with E-state index in [1.807, 2.05) is 0 Å². The van der Waals surface area contributed by atoms with Crippen LogP contribution in [0.3, 0.4) is 0 Å². The Labute approximate surface area is 128 Å². The van der Waals surface area contributed by atoms with Gasteiger partial charge in [-0.15, -0.1) is 0 Å². The molecule has 0 heterocycles. The Morgan fingerprint density at radius 1 is 0.905 bits per heavy atom. The number of hydrogen-bond donors (Lipinski definition) is 1. The summed E-state index contributed by atoms with van der Waals surface area (Å²) in [5.41, 5.74) is 2.70. The highest BCUT2D eigenvalue weighted by atomic mass is 14.9. The first kappa shape index (κ1) is 14.3. The Morgan fingerprint density at radius 3 is 1.86 bits per heavy atom. The summed E-state index contributed by atoms with van der Waals surface area (Å²) < 4.78 is 0. The molecule has 0 spiro atoms. The van der Waals surface area contributed by atoms with Crippen LogP contribution in [0.2, 0.25) is 0 Å². The Balaban J connectivity index is 1.76. The van der Waals surface area contributed by atoms with Gasteiger partial charge in [0.15, 0.2) is 0 Å². The lowest BCUT2D eigenvalue weighted by molar-refractivity contribution is 0.261. The van der Waals surface area contributed by atoms with Crippen molar-refractivity contribution >= 4 is 0 Å². The van der Waals surface area contributed by atoms with Crippen LogP contribution in [0.1, 0.15) is 49.8 Å². The third-order valence-corrected chi connectivity index (χ3v) is 4.63. The van der Waals surface area contributed by atoms with E-state index in [2.05, 4.69) is 72.9 Å². The molecular weight excluding hydrogens is 254 g/mol. The molecule has 1 fully saturated rings. The van der Waals surface area contributed by atoms with E-state index in [1.165, 1.54) is 36.8 Å². The van der Waals surface area contributed by atoms with Gasteiger partial charge in [-0.1, -0.05) is 79.9 Å². The van der Waals surface area contributed by atoms with E-state index in [4.69, 9.17) is 0 Å². The molecule has 0 saturated heterocycles. The van der Waals surface area contributed by atoms with E-state index in [0.717, 1.165) is 5.92 Å². The zero-order valence-corrected chi connectivity index (χ0v) is 12.8. The average Bonchev–Trinajstić information content (AvgIpc) is 2.50. The molecule has 0 aliphatic heterocycles. The molecule has 1 nitrogen and oxygen atoms in total. The summed E-state index contributed by atoms with van der Waals surface area (Å²) in [7, 11) is 0. The Kier molecular flexibility index (Phi) is 4.72. The molecule has 1 N–H and O–H groups in total. The van der Waals surface area contributed by atoms with Crippen molar-refractivity contribution in [3.8, 4) is 0 Å². The predicted molar refractivity (Wildman–Crippen MR) is 89.3 cm³/mol. The summed E-state index contributed by atoms with van der Waals surface area (Å²) in [4.78, 5) is 0. The second-order valence-corrected chi connectivity index (χ2v) is 6.35. The van der Waals surface area contributed by atoms with Crippen molar-refractivity contribution in [3.63, 3.8) is 0 Å². The summed E-state index contributed by atoms with van der Waals surface area (Å²) >= 11 is 0. The number of rotatable bonds is 6. The summed E-state index contributed by atoms with van der Waals surface area (Å²) in [5, 5.41) is 3.85. The summed E-state index contributed by atoms with van der Waals surface area (Å²) in [6.45, 7) is 2.33. The third kappa shape index (κ3) is 3.74. The second kappa shape index (κ2) is 6.91. The largest absolute Gasteiger partial charge is 0.304 e. The van der Waals surface area contributed by atoms with E-state index >= 15 is 0 Å². The molecule has 3 rings (SSSR count). The molecule has 0 amide bonds. The van der Waals surface area contributed by atoms with Crippen molar-refractivity contribution in [2.75, 3.05) is 0 Å². The van der Waals surface area contributed by atoms with Gasteiger partial charge in [0, 0.05) is 6.04 Å². The maximum atomic E-state index is 3.85. The summed E-state index contributed by atoms with van der Waals surface area (Å²) in [5.74, 6) is 0.944. The first-order valence-electron chi connectivity index (χ1n) is 8.19. The molecule has 1 heteroatoms. The van der Waals surface area contributed by atoms with Crippen molar-refractivity contribution in [2.45, 2.75) is 44.7 Å². The smallest absolute Gasteiger partial charge is 0.0578 e. The molecule has 1 aliphatic rings. The van der Waals surface area contributed by atoms with Crippen molar-refractivity contribution in [1.82, 2.24) is 5.32 Å². The van der Waals surface area contributed by atoms with E-state index in [-0.39, 0.29) is 0 Å². The zero-order chi connectivity index (χ0) is 14.5. The van der Waals surface area contributed by atoms with Crippen molar-refractivity contribution in [2.24, 2.45) is 5.92 Å². The van der Waals surface area contributed by atoms with Gasteiger partial charge in [-0.2, -0.15) is 0 Å². The van der Waals surface area contributed by atoms with Crippen LogP contribution in [-0.2, 0) is 0 Å². The minimum atomic E-state index is 0.294. The zero-order valence-electron chi connectivity index (χ0n) is 12.8. The molecule has 0 radical (unpaired) electrons. The van der Waals surface area contributed by atoms with E-state index in [9.17, 15) is 0 Å². The lowest BCUT2D eigenvalue weighted by Gasteiger charge is -2.31. The van der Waals surface area contributed by atoms with Gasteiger partial charge in [-0.25, -0.2) is 0 Å². The minimum absolute atomic E-state index is 0.294. The molecule has 2 aromatic carbocycles. The Bertz CT molecular complexity index is 491. The SMILES string of the molecule is CC(CC1CCC1)NC(c1ccccc1)c1ccccc1. The summed E-state index contributed by atoms with van der Waals surface area (Å²) in [6.07, 6.45) is 5.58. The van der Waals surface area contributed by atoms with Gasteiger partial charge < -0.3 is 5.32 Å². The van der Waals surface area contributed by atoms with Gasteiger partial charge in [0.25, 0.3) is 0 Å². The second-order valence-electron chi connectivity index (χ2n) is 6.35. The fourth-order valence-electron chi connectivity index (χ4n) is 3.26. The van der Waals surface area contributed by atoms with Crippen LogP contribution in [0.4, 0.5) is 0 Å². The highest BCUT2D eigenvalue weighted by Gasteiger charge is 2.22. The van der Waals surface area contributed by atoms with Gasteiger partial charge >= 0.3 is 0 Å². The molecule has 2 aromatic rings. The standard InChI is InChI=1S/C20H25N/c1-16(15-17-9-8-10-17)21-20(18-11-4-2-5-12-18)19-13-6-3-7-14-19/h2-7,11-14,16-17,20-21H,8-10,15H2,1H3. The van der Waals surface area contributed by atoms with Crippen LogP contribution in [0.5, 0.6) is 0 Å². The van der Waals surface area contributed by atoms with Gasteiger partial charge in [0.2, 0.25) is 0 Å². The molecule has 1 aliphatic carbocycles. The highest BCUT2D eigenvalue weighted by Crippen LogP contribution is 2.31. The van der Waals surface area contributed by atoms with E-state index in [1.54, 1.807) is 0 Å². The van der Waals surface area contributed by atoms with Crippen molar-refractivity contribution in [1.29, 1.82) is 0 Å². The quantitative estimate of drug-likeness (QED) is 0.789. The Hall–Kier alpha value is -1.60. The van der Waals surface area contributed by atoms with Crippen LogP contribution in [0.15, 0.2) is 60.7 Å². The molecule has 21 heavy (non-hydrogen) atoms. The van der Waals surface area contributed by atoms with Gasteiger partial charge in [-0.05, 0) is 30.4 Å². The number of benzene rings is 2. The topological polar surface area (TPSA) is 12.0 Å². The normalized spacial score (nSPS) is 16.7. The molecular formula is C20H25N. The molecule has 0 bridgehead atoms. The third-order valence-electron chi connectivity index (χ3n) is 4.63. The molecule has 110 valence electrons. The molecule has 1 saturated carbocycles. The van der Waals surface area contributed by atoms with E-state index < -0.39 is 0 Å². The first-order chi connectivity index (χ1) is 10.3. The van der Waals surface area contributed by atoms with Crippen molar-refractivity contribution < 1.29 is 0 Å². The maximum Gasteiger partial charge on any atom is 0.0578 e. The number of hydrogen-bond acceptors (Lipinski definition) is 1. The number of nitrogens with one attached hydrogen (secondary N) is 1. The lowest BCUT2D eigenvalue weighted by atomic mass is 9.81. The van der Waals surface area contributed by atoms with Crippen molar-refractivity contribution in [3.05, 3.63) is 71.8 Å². The fraction of sp³-hybridized carbons (Fsp3) is 0.400. The maximum absolute atomic E-state index is 3.85. The van der Waals surface area contributed by atoms with Gasteiger partial charge in [0.05, 0.1) is 6.04 Å². The van der Waals surface area contributed by atoms with Crippen LogP contribution >= 0.6 is 0 Å². The van der Waals surface area contributed by atoms with Crippen LogP contribution in [-0.4, -0.2) is 6.04 Å². The monoisotopic (exact) mass is 279 g/mol. The molecule has 1 atom stereocenters. The predicted octanol–water partition coefficient (Wildman–Crippen LogP) is 4.94. The van der Waals surface area contributed by atoms with Gasteiger partial charge in [0.1, 0.15) is 0 Å². The fourth-order valence-corrected chi connectivity index (χ4v) is 3.26. The molecule has 1 unspecified atom stereocenters. The molecule has 0 aromatic heterocycles. The Morgan fingerprint density at radius 2 is 1.43 bits per heavy atom. The van der Waals surface area contributed by atoms with Crippen LogP contribution in [0, 0.1) is 5.92 Å².